The van der Waals surface area contributed by atoms with Crippen LogP contribution in [0.15, 0.2) is 85.1 Å². The quantitative estimate of drug-likeness (QED) is 0.0163. The van der Waals surface area contributed by atoms with Gasteiger partial charge in [-0.1, -0.05) is 125 Å². The van der Waals surface area contributed by atoms with Crippen molar-refractivity contribution in [2.45, 2.75) is 166 Å². The Hall–Kier alpha value is -2.48. The van der Waals surface area contributed by atoms with E-state index in [9.17, 15) is 39.8 Å². The molecule has 0 saturated heterocycles. The van der Waals surface area contributed by atoms with Crippen LogP contribution in [0.5, 0.6) is 0 Å². The van der Waals surface area contributed by atoms with Crippen LogP contribution in [-0.2, 0) is 27.9 Å². The Labute approximate surface area is 342 Å². The Balaban J connectivity index is 2.47. The Morgan fingerprint density at radius 3 is 1.60 bits per heavy atom. The van der Waals surface area contributed by atoms with Gasteiger partial charge in [0.2, 0.25) is 0 Å². The number of aliphatic hydroxyl groups is 5. The van der Waals surface area contributed by atoms with E-state index in [0.29, 0.717) is 19.4 Å². The molecule has 326 valence electrons. The highest BCUT2D eigenvalue weighted by Crippen LogP contribution is 2.47. The molecule has 0 amide bonds. The van der Waals surface area contributed by atoms with Crippen molar-refractivity contribution in [1.29, 1.82) is 0 Å². The lowest BCUT2D eigenvalue weighted by Gasteiger charge is -2.41. The summed E-state index contributed by atoms with van der Waals surface area (Å²) in [6.45, 7) is 3.88. The van der Waals surface area contributed by atoms with Gasteiger partial charge in [-0.15, -0.1) is 0 Å². The first-order valence-corrected chi connectivity index (χ1v) is 22.4. The number of ether oxygens (including phenoxy) is 2. The molecule has 0 aliphatic heterocycles. The third-order valence-corrected chi connectivity index (χ3v) is 9.97. The molecule has 0 spiro atoms. The lowest BCUT2D eigenvalue weighted by Crippen LogP contribution is -2.64. The summed E-state index contributed by atoms with van der Waals surface area (Å²) in [5.74, 6) is -0.514. The predicted octanol–water partition coefficient (Wildman–Crippen LogP) is 7.80. The predicted molar refractivity (Wildman–Crippen MR) is 225 cm³/mol. The molecule has 13 heteroatoms. The third kappa shape index (κ3) is 27.0. The van der Waals surface area contributed by atoms with E-state index < -0.39 is 63.1 Å². The Morgan fingerprint density at radius 1 is 0.579 bits per heavy atom. The van der Waals surface area contributed by atoms with Gasteiger partial charge in [-0.05, 0) is 77.0 Å². The Bertz CT molecular complexity index is 1260. The van der Waals surface area contributed by atoms with E-state index in [4.69, 9.17) is 18.5 Å². The highest BCUT2D eigenvalue weighted by Gasteiger charge is 2.51. The zero-order chi connectivity index (χ0) is 42.0. The minimum atomic E-state index is -5.03. The van der Waals surface area contributed by atoms with Crippen LogP contribution in [0, 0.1) is 0 Å². The van der Waals surface area contributed by atoms with Crippen molar-refractivity contribution in [3.05, 3.63) is 85.1 Å². The number of carbonyl (C=O) groups is 1. The van der Waals surface area contributed by atoms with Gasteiger partial charge in [0.1, 0.15) is 42.7 Å². The summed E-state index contributed by atoms with van der Waals surface area (Å²) in [5.41, 5.74) is 0. The van der Waals surface area contributed by atoms with Crippen molar-refractivity contribution in [3.63, 3.8) is 0 Å². The smallest absolute Gasteiger partial charge is 0.457 e. The second kappa shape index (κ2) is 34.4. The molecule has 0 aromatic carbocycles. The van der Waals surface area contributed by atoms with E-state index in [0.717, 1.165) is 89.9 Å². The second-order valence-corrected chi connectivity index (χ2v) is 15.5. The fourth-order valence-electron chi connectivity index (χ4n) is 5.67. The maximum atomic E-state index is 12.8. The van der Waals surface area contributed by atoms with Gasteiger partial charge in [-0.3, -0.25) is 13.8 Å². The number of phosphoric acid groups is 1. The first kappa shape index (κ1) is 52.5. The van der Waals surface area contributed by atoms with Crippen molar-refractivity contribution in [1.82, 2.24) is 0 Å². The Morgan fingerprint density at radius 2 is 1.04 bits per heavy atom. The summed E-state index contributed by atoms with van der Waals surface area (Å²) in [6, 6.07) is 0. The number of esters is 1. The van der Waals surface area contributed by atoms with Crippen LogP contribution in [0.1, 0.15) is 123 Å². The minimum Gasteiger partial charge on any atom is -0.457 e. The standard InChI is InChI=1S/C44H73O12P/c1-3-5-7-9-11-13-15-16-17-18-19-20-21-22-23-24-26-28-30-32-34-53-35-37(55-38(45)33-31-29-27-25-14-12-10-8-6-4-2)36-54-57(51,52)56-44-42(49)40(47)39(46)41(48)43(44)50/h5,7-8,10-11,13,16-17,19-20,22-23,26,28,37,39-44,46-50H,3-4,6,9,12,14-15,18,21,24-25,27,29-36H2,1-2H3,(H,51,52)/b7-5-,10-8-,13-11-,17-16-,20-19-,23-22-,28-26-. The van der Waals surface area contributed by atoms with Gasteiger partial charge in [0.15, 0.2) is 0 Å². The highest BCUT2D eigenvalue weighted by molar-refractivity contribution is 7.47. The molecular formula is C44H73O12P. The lowest BCUT2D eigenvalue weighted by atomic mass is 9.85. The van der Waals surface area contributed by atoms with Crippen LogP contribution >= 0.6 is 7.82 Å². The number of hydrogen-bond acceptors (Lipinski definition) is 11. The van der Waals surface area contributed by atoms with E-state index in [-0.39, 0.29) is 13.0 Å². The summed E-state index contributed by atoms with van der Waals surface area (Å²) < 4.78 is 33.9. The molecule has 0 bridgehead atoms. The van der Waals surface area contributed by atoms with Crippen molar-refractivity contribution < 1.29 is 58.3 Å². The van der Waals surface area contributed by atoms with Crippen molar-refractivity contribution >= 4 is 13.8 Å². The van der Waals surface area contributed by atoms with Gasteiger partial charge in [0.25, 0.3) is 0 Å². The maximum absolute atomic E-state index is 12.8. The van der Waals surface area contributed by atoms with Crippen LogP contribution in [0.25, 0.3) is 0 Å². The third-order valence-electron chi connectivity index (χ3n) is 8.98. The summed E-state index contributed by atoms with van der Waals surface area (Å²) in [4.78, 5) is 23.0. The molecule has 6 atom stereocenters. The molecule has 12 nitrogen and oxygen atoms in total. The summed E-state index contributed by atoms with van der Waals surface area (Å²) in [6.07, 6.45) is 32.5. The number of rotatable bonds is 33. The van der Waals surface area contributed by atoms with E-state index in [1.165, 1.54) is 0 Å². The normalized spacial score (nSPS) is 23.7. The average molecular weight is 825 g/mol. The summed E-state index contributed by atoms with van der Waals surface area (Å²) >= 11 is 0. The maximum Gasteiger partial charge on any atom is 0.472 e. The largest absolute Gasteiger partial charge is 0.472 e. The van der Waals surface area contributed by atoms with Crippen LogP contribution < -0.4 is 0 Å². The van der Waals surface area contributed by atoms with Crippen molar-refractivity contribution in [3.8, 4) is 0 Å². The number of aliphatic hydroxyl groups excluding tert-OH is 5. The molecule has 1 rings (SSSR count). The number of phosphoric ester groups is 1. The fourth-order valence-corrected chi connectivity index (χ4v) is 6.64. The van der Waals surface area contributed by atoms with Gasteiger partial charge >= 0.3 is 13.8 Å². The van der Waals surface area contributed by atoms with Crippen molar-refractivity contribution in [2.24, 2.45) is 0 Å². The van der Waals surface area contributed by atoms with E-state index in [1.807, 2.05) is 0 Å². The second-order valence-electron chi connectivity index (χ2n) is 14.1. The molecule has 6 unspecified atom stereocenters. The monoisotopic (exact) mass is 824 g/mol. The molecule has 0 aromatic rings. The van der Waals surface area contributed by atoms with Gasteiger partial charge in [0, 0.05) is 13.0 Å². The molecule has 0 radical (unpaired) electrons. The van der Waals surface area contributed by atoms with Crippen LogP contribution in [0.4, 0.5) is 0 Å². The fraction of sp³-hybridized carbons (Fsp3) is 0.659. The zero-order valence-corrected chi connectivity index (χ0v) is 35.2. The summed E-state index contributed by atoms with van der Waals surface area (Å²) in [7, 11) is -5.03. The number of allylic oxidation sites excluding steroid dienone is 14. The van der Waals surface area contributed by atoms with Gasteiger partial charge < -0.3 is 39.9 Å². The van der Waals surface area contributed by atoms with E-state index in [1.54, 1.807) is 0 Å². The SMILES string of the molecule is CC/C=C\C/C=C\C/C=C\C/C=C\C/C=C\C/C=C\CCCOCC(COP(=O)(O)OC1C(O)C(O)C(O)C(O)C1O)OC(=O)CCCCCCC/C=C\CCC. The lowest BCUT2D eigenvalue weighted by molar-refractivity contribution is -0.220. The summed E-state index contributed by atoms with van der Waals surface area (Å²) in [5, 5.41) is 50.0. The number of unbranched alkanes of at least 4 members (excludes halogenated alkanes) is 7. The van der Waals surface area contributed by atoms with Crippen LogP contribution in [0.3, 0.4) is 0 Å². The van der Waals surface area contributed by atoms with Crippen LogP contribution in [0.2, 0.25) is 0 Å². The minimum absolute atomic E-state index is 0.126. The molecular weight excluding hydrogens is 751 g/mol. The van der Waals surface area contributed by atoms with Crippen LogP contribution in [-0.4, -0.2) is 98.9 Å². The molecule has 1 aliphatic carbocycles. The van der Waals surface area contributed by atoms with Gasteiger partial charge in [-0.2, -0.15) is 0 Å². The number of hydrogen-bond donors (Lipinski definition) is 6. The zero-order valence-electron chi connectivity index (χ0n) is 34.3. The molecule has 0 heterocycles. The van der Waals surface area contributed by atoms with Gasteiger partial charge in [0.05, 0.1) is 13.2 Å². The molecule has 0 aromatic heterocycles. The first-order chi connectivity index (χ1) is 27.5. The molecule has 1 fully saturated rings. The average Bonchev–Trinajstić information content (AvgIpc) is 3.19. The first-order valence-electron chi connectivity index (χ1n) is 20.9. The molecule has 57 heavy (non-hydrogen) atoms. The molecule has 1 aliphatic rings. The number of carbonyl (C=O) groups excluding carboxylic acids is 1. The molecule has 6 N–H and O–H groups in total. The molecule has 1 saturated carbocycles. The Kier molecular flexibility index (Phi) is 31.7. The topological polar surface area (TPSA) is 192 Å². The van der Waals surface area contributed by atoms with E-state index in [2.05, 4.69) is 98.9 Å². The van der Waals surface area contributed by atoms with Gasteiger partial charge in [-0.25, -0.2) is 4.57 Å². The van der Waals surface area contributed by atoms with E-state index >= 15 is 0 Å². The van der Waals surface area contributed by atoms with Crippen molar-refractivity contribution in [2.75, 3.05) is 19.8 Å². The highest BCUT2D eigenvalue weighted by atomic mass is 31.2.